The van der Waals surface area contributed by atoms with Crippen LogP contribution in [0, 0.1) is 13.8 Å². The Morgan fingerprint density at radius 3 is 1.19 bits per heavy atom. The van der Waals surface area contributed by atoms with Crippen molar-refractivity contribution in [2.75, 3.05) is 16.4 Å². The normalized spacial score (nSPS) is 11.4. The Hall–Kier alpha value is -5.87. The first kappa shape index (κ1) is 31.1. The molecule has 1 unspecified atom stereocenters. The topological polar surface area (TPSA) is 32.8 Å². The highest BCUT2D eigenvalue weighted by Crippen LogP contribution is 2.38. The maximum atomic E-state index is 12.2. The molecule has 0 aliphatic carbocycles. The molecule has 0 heterocycles. The van der Waals surface area contributed by atoms with Crippen LogP contribution in [0.5, 0.6) is 0 Å². The predicted octanol–water partition coefficient (Wildman–Crippen LogP) is 11.1. The zero-order valence-corrected chi connectivity index (χ0v) is 26.8. The van der Waals surface area contributed by atoms with Gasteiger partial charge in [-0.1, -0.05) is 103 Å². The molecule has 0 spiro atoms. The third-order valence-electron chi connectivity index (χ3n) is 8.28. The number of para-hydroxylation sites is 2. The van der Waals surface area contributed by atoms with Crippen LogP contribution in [0.2, 0.25) is 0 Å². The van der Waals surface area contributed by atoms with E-state index in [0.717, 1.165) is 45.3 Å². The van der Waals surface area contributed by atoms with E-state index >= 15 is 0 Å². The van der Waals surface area contributed by atoms with Crippen molar-refractivity contribution in [3.8, 4) is 0 Å². The van der Waals surface area contributed by atoms with E-state index in [0.29, 0.717) is 0 Å². The van der Waals surface area contributed by atoms with Crippen LogP contribution in [-0.2, 0) is 9.53 Å². The molecule has 0 aromatic heterocycles. The second-order valence-electron chi connectivity index (χ2n) is 11.6. The fraction of sp³-hybridized carbons (Fsp3) is 0.0930. The summed E-state index contributed by atoms with van der Waals surface area (Å²) in [6.45, 7) is 7.98. The van der Waals surface area contributed by atoms with E-state index in [2.05, 4.69) is 152 Å². The van der Waals surface area contributed by atoms with Gasteiger partial charge in [0, 0.05) is 46.1 Å². The van der Waals surface area contributed by atoms with Gasteiger partial charge in [0.15, 0.2) is 0 Å². The number of rotatable bonds is 11. The van der Waals surface area contributed by atoms with E-state index in [-0.39, 0.29) is 12.5 Å². The standard InChI is InChI=1S/C43H38N2O2/c1-4-43(46)47-31-42(34-19-27-40(28-20-34)44(36-11-7-5-8-12-36)37-13-9-6-10-14-37)35-21-29-41(30-22-35)45(38-23-15-32(2)16-24-38)39-25-17-33(3)18-26-39/h4-30,42H,1,31H2,2-3H3. The molecule has 0 aliphatic rings. The molecule has 0 radical (unpaired) electrons. The molecule has 6 aromatic carbocycles. The fourth-order valence-electron chi connectivity index (χ4n) is 5.76. The Kier molecular flexibility index (Phi) is 9.59. The van der Waals surface area contributed by atoms with Crippen LogP contribution in [0.25, 0.3) is 0 Å². The van der Waals surface area contributed by atoms with Crippen molar-refractivity contribution >= 4 is 40.1 Å². The molecule has 0 saturated carbocycles. The lowest BCUT2D eigenvalue weighted by atomic mass is 9.91. The fourth-order valence-corrected chi connectivity index (χ4v) is 5.76. The average molecular weight is 615 g/mol. The first-order chi connectivity index (χ1) is 23.0. The van der Waals surface area contributed by atoms with Crippen molar-refractivity contribution < 1.29 is 9.53 Å². The van der Waals surface area contributed by atoms with Crippen LogP contribution in [0.4, 0.5) is 34.1 Å². The SMILES string of the molecule is C=CC(=O)OCC(c1ccc(N(c2ccccc2)c2ccccc2)cc1)c1ccc(N(c2ccc(C)cc2)c2ccc(C)cc2)cc1. The van der Waals surface area contributed by atoms with Crippen LogP contribution in [0.1, 0.15) is 28.2 Å². The molecule has 0 saturated heterocycles. The molecule has 0 N–H and O–H groups in total. The Labute approximate surface area is 277 Å². The molecule has 6 aromatic rings. The molecule has 232 valence electrons. The number of esters is 1. The van der Waals surface area contributed by atoms with Crippen LogP contribution < -0.4 is 9.80 Å². The summed E-state index contributed by atoms with van der Waals surface area (Å²) in [6, 6.07) is 54.8. The number of hydrogen-bond donors (Lipinski definition) is 0. The second kappa shape index (κ2) is 14.5. The summed E-state index contributed by atoms with van der Waals surface area (Å²) < 4.78 is 5.64. The number of ether oxygens (including phenoxy) is 1. The molecule has 47 heavy (non-hydrogen) atoms. The molecule has 4 heteroatoms. The summed E-state index contributed by atoms with van der Waals surface area (Å²) in [7, 11) is 0. The predicted molar refractivity (Wildman–Crippen MR) is 195 cm³/mol. The summed E-state index contributed by atoms with van der Waals surface area (Å²) in [4.78, 5) is 16.7. The highest BCUT2D eigenvalue weighted by atomic mass is 16.5. The Morgan fingerprint density at radius 1 is 0.532 bits per heavy atom. The van der Waals surface area contributed by atoms with Crippen molar-refractivity contribution in [1.29, 1.82) is 0 Å². The molecule has 0 aliphatic heterocycles. The molecule has 6 rings (SSSR count). The molecular weight excluding hydrogens is 576 g/mol. The number of anilines is 6. The Morgan fingerprint density at radius 2 is 0.851 bits per heavy atom. The second-order valence-corrected chi connectivity index (χ2v) is 11.6. The van der Waals surface area contributed by atoms with Crippen molar-refractivity contribution in [2.24, 2.45) is 0 Å². The van der Waals surface area contributed by atoms with Gasteiger partial charge in [0.05, 0.1) is 0 Å². The first-order valence-electron chi connectivity index (χ1n) is 15.8. The number of aryl methyl sites for hydroxylation is 2. The van der Waals surface area contributed by atoms with Crippen molar-refractivity contribution in [3.05, 3.63) is 193 Å². The molecule has 0 fully saturated rings. The highest BCUT2D eigenvalue weighted by molar-refractivity contribution is 5.81. The van der Waals surface area contributed by atoms with Gasteiger partial charge in [0.1, 0.15) is 6.61 Å². The quantitative estimate of drug-likeness (QED) is 0.107. The van der Waals surface area contributed by atoms with Gasteiger partial charge < -0.3 is 14.5 Å². The summed E-state index contributed by atoms with van der Waals surface area (Å²) in [6.07, 6.45) is 1.21. The smallest absolute Gasteiger partial charge is 0.330 e. The van der Waals surface area contributed by atoms with Crippen LogP contribution in [0.3, 0.4) is 0 Å². The lowest BCUT2D eigenvalue weighted by molar-refractivity contribution is -0.138. The monoisotopic (exact) mass is 614 g/mol. The third kappa shape index (κ3) is 7.34. The minimum Gasteiger partial charge on any atom is -0.462 e. The third-order valence-corrected chi connectivity index (χ3v) is 8.28. The van der Waals surface area contributed by atoms with E-state index in [1.807, 2.05) is 36.4 Å². The Bertz CT molecular complexity index is 1820. The lowest BCUT2D eigenvalue weighted by Crippen LogP contribution is -2.14. The van der Waals surface area contributed by atoms with E-state index in [9.17, 15) is 4.79 Å². The van der Waals surface area contributed by atoms with Crippen molar-refractivity contribution in [1.82, 2.24) is 0 Å². The minimum absolute atomic E-state index is 0.170. The Balaban J connectivity index is 1.35. The van der Waals surface area contributed by atoms with Gasteiger partial charge in [0.25, 0.3) is 0 Å². The molecule has 4 nitrogen and oxygen atoms in total. The van der Waals surface area contributed by atoms with Crippen molar-refractivity contribution in [2.45, 2.75) is 19.8 Å². The number of benzene rings is 6. The minimum atomic E-state index is -0.438. The van der Waals surface area contributed by atoms with Crippen LogP contribution in [-0.4, -0.2) is 12.6 Å². The van der Waals surface area contributed by atoms with Gasteiger partial charge in [-0.15, -0.1) is 0 Å². The van der Waals surface area contributed by atoms with Gasteiger partial charge in [-0.25, -0.2) is 4.79 Å². The maximum absolute atomic E-state index is 12.2. The largest absolute Gasteiger partial charge is 0.462 e. The molecule has 0 amide bonds. The first-order valence-corrected chi connectivity index (χ1v) is 15.8. The summed E-state index contributed by atoms with van der Waals surface area (Å²) in [5, 5.41) is 0. The van der Waals surface area contributed by atoms with Crippen LogP contribution in [0.15, 0.2) is 170 Å². The summed E-state index contributed by atoms with van der Waals surface area (Å²) in [5.74, 6) is -0.608. The highest BCUT2D eigenvalue weighted by Gasteiger charge is 2.20. The van der Waals surface area contributed by atoms with Crippen LogP contribution >= 0.6 is 0 Å². The number of carbonyl (C=O) groups excluding carboxylic acids is 1. The average Bonchev–Trinajstić information content (AvgIpc) is 3.12. The molecule has 1 atom stereocenters. The summed E-state index contributed by atoms with van der Waals surface area (Å²) in [5.41, 5.74) is 10.9. The van der Waals surface area contributed by atoms with E-state index < -0.39 is 5.97 Å². The zero-order valence-electron chi connectivity index (χ0n) is 26.8. The summed E-state index contributed by atoms with van der Waals surface area (Å²) >= 11 is 0. The maximum Gasteiger partial charge on any atom is 0.330 e. The molecular formula is C43H38N2O2. The lowest BCUT2D eigenvalue weighted by Gasteiger charge is -2.27. The van der Waals surface area contributed by atoms with Gasteiger partial charge in [-0.3, -0.25) is 0 Å². The van der Waals surface area contributed by atoms with Gasteiger partial charge in [0.2, 0.25) is 0 Å². The van der Waals surface area contributed by atoms with E-state index in [1.165, 1.54) is 17.2 Å². The van der Waals surface area contributed by atoms with Crippen molar-refractivity contribution in [3.63, 3.8) is 0 Å². The number of nitrogens with zero attached hydrogens (tertiary/aromatic N) is 2. The zero-order chi connectivity index (χ0) is 32.6. The van der Waals surface area contributed by atoms with Gasteiger partial charge in [-0.05, 0) is 97.8 Å². The van der Waals surface area contributed by atoms with E-state index in [4.69, 9.17) is 4.74 Å². The molecule has 0 bridgehead atoms. The van der Waals surface area contributed by atoms with E-state index in [1.54, 1.807) is 0 Å². The van der Waals surface area contributed by atoms with Gasteiger partial charge >= 0.3 is 5.97 Å². The number of carbonyl (C=O) groups is 1. The van der Waals surface area contributed by atoms with Gasteiger partial charge in [-0.2, -0.15) is 0 Å². The number of hydrogen-bond acceptors (Lipinski definition) is 4.